The quantitative estimate of drug-likeness (QED) is 0.394. The number of benzene rings is 2. The molecule has 132 valence electrons. The number of carbonyl (C=O) groups excluding carboxylic acids is 3. The summed E-state index contributed by atoms with van der Waals surface area (Å²) in [6.45, 7) is 0. The zero-order valence-corrected chi connectivity index (χ0v) is 14.5. The molecule has 0 N–H and O–H groups in total. The third kappa shape index (κ3) is 3.07. The van der Waals surface area contributed by atoms with Crippen molar-refractivity contribution >= 4 is 35.1 Å². The predicted octanol–water partition coefficient (Wildman–Crippen LogP) is 3.75. The molecule has 0 spiro atoms. The van der Waals surface area contributed by atoms with Crippen LogP contribution in [0.4, 0.5) is 5.69 Å². The van der Waals surface area contributed by atoms with E-state index >= 15 is 0 Å². The summed E-state index contributed by atoms with van der Waals surface area (Å²) in [5, 5.41) is 0.524. The third-order valence-electron chi connectivity index (χ3n) is 4.01. The summed E-state index contributed by atoms with van der Waals surface area (Å²) in [7, 11) is 0. The number of hydrogen-bond donors (Lipinski definition) is 0. The SMILES string of the molecule is O=C(Oc1ccc(Cl)cc1)c1cccc(N2C(=O)c3cccnc3C2=O)c1. The van der Waals surface area contributed by atoms with Gasteiger partial charge in [-0.3, -0.25) is 14.6 Å². The number of rotatable bonds is 3. The minimum atomic E-state index is -0.617. The molecule has 1 aromatic heterocycles. The van der Waals surface area contributed by atoms with E-state index in [1.807, 2.05) is 0 Å². The molecular formula is C20H11ClN2O4. The predicted molar refractivity (Wildman–Crippen MR) is 98.2 cm³/mol. The first-order valence-electron chi connectivity index (χ1n) is 7.96. The highest BCUT2D eigenvalue weighted by Crippen LogP contribution is 2.28. The molecule has 0 unspecified atom stereocenters. The molecule has 2 aromatic carbocycles. The Hall–Kier alpha value is -3.51. The highest BCUT2D eigenvalue weighted by atomic mass is 35.5. The zero-order chi connectivity index (χ0) is 19.0. The molecule has 1 aliphatic heterocycles. The van der Waals surface area contributed by atoms with Crippen molar-refractivity contribution < 1.29 is 19.1 Å². The van der Waals surface area contributed by atoms with Crippen LogP contribution in [0.15, 0.2) is 66.9 Å². The van der Waals surface area contributed by atoms with Crippen LogP contribution in [-0.4, -0.2) is 22.8 Å². The Morgan fingerprint density at radius 1 is 0.963 bits per heavy atom. The number of ether oxygens (including phenoxy) is 1. The Bertz CT molecular complexity index is 1040. The molecule has 2 amide bonds. The fourth-order valence-corrected chi connectivity index (χ4v) is 2.87. The molecule has 0 saturated carbocycles. The van der Waals surface area contributed by atoms with Crippen LogP contribution < -0.4 is 9.64 Å². The lowest BCUT2D eigenvalue weighted by Crippen LogP contribution is -2.29. The van der Waals surface area contributed by atoms with Crippen molar-refractivity contribution in [2.24, 2.45) is 0 Å². The van der Waals surface area contributed by atoms with Crippen molar-refractivity contribution in [1.29, 1.82) is 0 Å². The van der Waals surface area contributed by atoms with Crippen molar-refractivity contribution in [2.45, 2.75) is 0 Å². The summed E-state index contributed by atoms with van der Waals surface area (Å²) in [5.74, 6) is -1.29. The molecule has 7 heteroatoms. The minimum absolute atomic E-state index is 0.0941. The van der Waals surface area contributed by atoms with Gasteiger partial charge in [0, 0.05) is 11.2 Å². The standard InChI is InChI=1S/C20H11ClN2O4/c21-13-6-8-15(9-7-13)27-20(26)12-3-1-4-14(11-12)23-18(24)16-5-2-10-22-17(16)19(23)25/h1-11H. The van der Waals surface area contributed by atoms with E-state index in [-0.39, 0.29) is 22.5 Å². The summed E-state index contributed by atoms with van der Waals surface area (Å²) in [6.07, 6.45) is 1.45. The second-order valence-corrected chi connectivity index (χ2v) is 6.18. The molecule has 0 radical (unpaired) electrons. The van der Waals surface area contributed by atoms with Crippen molar-refractivity contribution in [3.63, 3.8) is 0 Å². The van der Waals surface area contributed by atoms with Crippen LogP contribution in [0.3, 0.4) is 0 Å². The van der Waals surface area contributed by atoms with Gasteiger partial charge in [0.25, 0.3) is 11.8 Å². The first-order valence-corrected chi connectivity index (χ1v) is 8.34. The molecule has 0 aliphatic carbocycles. The van der Waals surface area contributed by atoms with Crippen molar-refractivity contribution in [3.05, 3.63) is 88.7 Å². The summed E-state index contributed by atoms with van der Waals surface area (Å²) < 4.78 is 5.29. The van der Waals surface area contributed by atoms with Crippen LogP contribution >= 0.6 is 11.6 Å². The third-order valence-corrected chi connectivity index (χ3v) is 4.26. The molecule has 0 fully saturated rings. The summed E-state index contributed by atoms with van der Waals surface area (Å²) >= 11 is 5.81. The van der Waals surface area contributed by atoms with E-state index in [0.29, 0.717) is 10.8 Å². The number of fused-ring (bicyclic) bond motifs is 1. The first-order chi connectivity index (χ1) is 13.0. The lowest BCUT2D eigenvalue weighted by atomic mass is 10.2. The minimum Gasteiger partial charge on any atom is -0.423 e. The molecular weight excluding hydrogens is 368 g/mol. The van der Waals surface area contributed by atoms with Gasteiger partial charge >= 0.3 is 5.97 Å². The Kier molecular flexibility index (Phi) is 4.18. The van der Waals surface area contributed by atoms with E-state index in [1.165, 1.54) is 18.3 Å². The summed E-state index contributed by atoms with van der Waals surface area (Å²) in [4.78, 5) is 42.4. The van der Waals surface area contributed by atoms with Crippen LogP contribution in [-0.2, 0) is 0 Å². The maximum Gasteiger partial charge on any atom is 0.343 e. The van der Waals surface area contributed by atoms with Crippen molar-refractivity contribution in [3.8, 4) is 5.75 Å². The van der Waals surface area contributed by atoms with E-state index < -0.39 is 17.8 Å². The van der Waals surface area contributed by atoms with Gasteiger partial charge in [0.1, 0.15) is 11.4 Å². The van der Waals surface area contributed by atoms with Crippen molar-refractivity contribution in [2.75, 3.05) is 4.90 Å². The maximum absolute atomic E-state index is 12.5. The maximum atomic E-state index is 12.5. The number of pyridine rings is 1. The molecule has 4 rings (SSSR count). The molecule has 6 nitrogen and oxygen atoms in total. The van der Waals surface area contributed by atoms with E-state index in [1.54, 1.807) is 48.5 Å². The van der Waals surface area contributed by atoms with Crippen LogP contribution in [0.2, 0.25) is 5.02 Å². The Balaban J connectivity index is 1.62. The fraction of sp³-hybridized carbons (Fsp3) is 0. The average molecular weight is 379 g/mol. The molecule has 0 bridgehead atoms. The van der Waals surface area contributed by atoms with Gasteiger partial charge in [0.05, 0.1) is 16.8 Å². The number of nitrogens with zero attached hydrogens (tertiary/aromatic N) is 2. The molecule has 2 heterocycles. The van der Waals surface area contributed by atoms with Gasteiger partial charge in [-0.1, -0.05) is 17.7 Å². The molecule has 0 atom stereocenters. The second-order valence-electron chi connectivity index (χ2n) is 5.74. The Morgan fingerprint density at radius 3 is 2.48 bits per heavy atom. The number of hydrogen-bond acceptors (Lipinski definition) is 5. The van der Waals surface area contributed by atoms with Crippen LogP contribution in [0.5, 0.6) is 5.75 Å². The summed E-state index contributed by atoms with van der Waals surface area (Å²) in [6, 6.07) is 15.6. The van der Waals surface area contributed by atoms with Gasteiger partial charge < -0.3 is 4.74 Å². The van der Waals surface area contributed by atoms with Gasteiger partial charge in [-0.25, -0.2) is 9.69 Å². The van der Waals surface area contributed by atoms with Gasteiger partial charge in [0.15, 0.2) is 0 Å². The molecule has 3 aromatic rings. The number of carbonyl (C=O) groups is 3. The highest BCUT2D eigenvalue weighted by molar-refractivity contribution is 6.33. The Morgan fingerprint density at radius 2 is 1.74 bits per heavy atom. The van der Waals surface area contributed by atoms with E-state index in [4.69, 9.17) is 16.3 Å². The molecule has 0 saturated heterocycles. The zero-order valence-electron chi connectivity index (χ0n) is 13.8. The largest absolute Gasteiger partial charge is 0.423 e. The number of esters is 1. The number of amides is 2. The number of anilines is 1. The first kappa shape index (κ1) is 16.9. The van der Waals surface area contributed by atoms with Crippen LogP contribution in [0.1, 0.15) is 31.2 Å². The lowest BCUT2D eigenvalue weighted by molar-refractivity contribution is 0.0733. The van der Waals surface area contributed by atoms with E-state index in [9.17, 15) is 14.4 Å². The number of imide groups is 1. The van der Waals surface area contributed by atoms with Crippen molar-refractivity contribution in [1.82, 2.24) is 4.98 Å². The fourth-order valence-electron chi connectivity index (χ4n) is 2.74. The van der Waals surface area contributed by atoms with E-state index in [0.717, 1.165) is 4.90 Å². The van der Waals surface area contributed by atoms with Gasteiger partial charge in [-0.05, 0) is 54.6 Å². The topological polar surface area (TPSA) is 76.6 Å². The average Bonchev–Trinajstić information content (AvgIpc) is 2.95. The number of aromatic nitrogens is 1. The van der Waals surface area contributed by atoms with Gasteiger partial charge in [-0.2, -0.15) is 0 Å². The second kappa shape index (κ2) is 6.66. The lowest BCUT2D eigenvalue weighted by Gasteiger charge is -2.14. The van der Waals surface area contributed by atoms with Gasteiger partial charge in [0.2, 0.25) is 0 Å². The molecule has 1 aliphatic rings. The highest BCUT2D eigenvalue weighted by Gasteiger charge is 2.37. The summed E-state index contributed by atoms with van der Waals surface area (Å²) in [5.41, 5.74) is 0.800. The number of halogens is 1. The Labute approximate surface area is 159 Å². The monoisotopic (exact) mass is 378 g/mol. The smallest absolute Gasteiger partial charge is 0.343 e. The normalized spacial score (nSPS) is 12.9. The van der Waals surface area contributed by atoms with E-state index in [2.05, 4.69) is 4.98 Å². The van der Waals surface area contributed by atoms with Gasteiger partial charge in [-0.15, -0.1) is 0 Å². The van der Waals surface area contributed by atoms with Crippen LogP contribution in [0.25, 0.3) is 0 Å². The van der Waals surface area contributed by atoms with Crippen LogP contribution in [0, 0.1) is 0 Å². The molecule has 27 heavy (non-hydrogen) atoms.